The van der Waals surface area contributed by atoms with Crippen LogP contribution in [0.3, 0.4) is 0 Å². The molecule has 18 heteroatoms. The van der Waals surface area contributed by atoms with E-state index >= 15 is 0 Å². The van der Waals surface area contributed by atoms with Gasteiger partial charge in [-0.2, -0.15) is 0 Å². The van der Waals surface area contributed by atoms with Crippen molar-refractivity contribution in [2.75, 3.05) is 0 Å². The van der Waals surface area contributed by atoms with E-state index in [1.807, 2.05) is 0 Å². The van der Waals surface area contributed by atoms with Gasteiger partial charge in [-0.05, 0) is 0 Å². The molecule has 0 aromatic heterocycles. The van der Waals surface area contributed by atoms with E-state index in [0.717, 1.165) is 36.4 Å². The molecule has 0 amide bonds. The predicted octanol–water partition coefficient (Wildman–Crippen LogP) is 4.73. The molecule has 5 rings (SSSR count). The molecule has 0 aliphatic rings. The number of phenolic OH excluding ortho intramolecular Hbond substituents is 14. The van der Waals surface area contributed by atoms with Gasteiger partial charge < -0.3 is 90.4 Å². The summed E-state index contributed by atoms with van der Waals surface area (Å²) in [6, 6.07) is 6.26. The van der Waals surface area contributed by atoms with Crippen LogP contribution in [-0.4, -0.2) is 71.5 Å². The summed E-state index contributed by atoms with van der Waals surface area (Å²) in [4.78, 5) is 0. The maximum atomic E-state index is 10.6. The molecule has 0 heterocycles. The quantitative estimate of drug-likeness (QED) is 0.0783. The number of hydrogen-bond acceptors (Lipinski definition) is 18. The summed E-state index contributed by atoms with van der Waals surface area (Å²) >= 11 is 0. The first-order valence-corrected chi connectivity index (χ1v) is 12.9. The normalized spacial score (nSPS) is 10.8. The molecule has 48 heavy (non-hydrogen) atoms. The maximum Gasteiger partial charge on any atom is 0.215 e. The smallest absolute Gasteiger partial charge is 0.215 e. The van der Waals surface area contributed by atoms with Crippen LogP contribution in [-0.2, 0) is 0 Å². The topological polar surface area (TPSA) is 320 Å². The summed E-state index contributed by atoms with van der Waals surface area (Å²) in [5.41, 5.74) is 0. The number of benzene rings is 5. The Labute approximate surface area is 265 Å². The highest BCUT2D eigenvalue weighted by Gasteiger charge is 2.26. The highest BCUT2D eigenvalue weighted by molar-refractivity contribution is 5.69. The van der Waals surface area contributed by atoms with Crippen LogP contribution in [0.15, 0.2) is 48.5 Å². The van der Waals surface area contributed by atoms with E-state index in [0.29, 0.717) is 12.1 Å². The lowest BCUT2D eigenvalue weighted by molar-refractivity contribution is 0.318. The molecule has 0 saturated carbocycles. The van der Waals surface area contributed by atoms with Crippen LogP contribution in [0.5, 0.6) is 126 Å². The zero-order chi connectivity index (χ0) is 35.2. The van der Waals surface area contributed by atoms with Gasteiger partial charge in [0.05, 0.1) is 0 Å². The second kappa shape index (κ2) is 11.8. The van der Waals surface area contributed by atoms with Gasteiger partial charge in [0.25, 0.3) is 0 Å². The van der Waals surface area contributed by atoms with Crippen molar-refractivity contribution >= 4 is 0 Å². The van der Waals surface area contributed by atoms with Gasteiger partial charge in [-0.25, -0.2) is 0 Å². The first-order valence-electron chi connectivity index (χ1n) is 12.9. The Morgan fingerprint density at radius 3 is 1.10 bits per heavy atom. The van der Waals surface area contributed by atoms with E-state index in [1.165, 1.54) is 0 Å². The Kier molecular flexibility index (Phi) is 7.83. The second-order valence-electron chi connectivity index (χ2n) is 9.66. The fraction of sp³-hybridized carbons (Fsp3) is 0. The average Bonchev–Trinajstić information content (AvgIpc) is 3.00. The summed E-state index contributed by atoms with van der Waals surface area (Å²) in [5, 5.41) is 141. The molecule has 5 aromatic rings. The van der Waals surface area contributed by atoms with Crippen molar-refractivity contribution in [1.29, 1.82) is 0 Å². The van der Waals surface area contributed by atoms with E-state index < -0.39 is 121 Å². The SMILES string of the molecule is Oc1cc(O)c(Oc2cc(O)c(Oc3cc(O)c(O)c(O)c3Oc3cc(O)c(Oc4cc(O)c(O)c(O)c4O)c(O)c3)c(O)c2)c(O)c1. The Bertz CT molecular complexity index is 2020. The van der Waals surface area contributed by atoms with Gasteiger partial charge in [0, 0.05) is 48.5 Å². The zero-order valence-electron chi connectivity index (χ0n) is 23.5. The van der Waals surface area contributed by atoms with Crippen LogP contribution in [0.25, 0.3) is 0 Å². The molecule has 0 aliphatic carbocycles. The van der Waals surface area contributed by atoms with Crippen molar-refractivity contribution in [3.05, 3.63) is 48.5 Å². The molecule has 0 radical (unpaired) electrons. The van der Waals surface area contributed by atoms with Crippen molar-refractivity contribution < 1.29 is 90.4 Å². The molecule has 0 unspecified atom stereocenters. The third-order valence-corrected chi connectivity index (χ3v) is 6.31. The predicted molar refractivity (Wildman–Crippen MR) is 156 cm³/mol. The molecule has 0 aliphatic heterocycles. The van der Waals surface area contributed by atoms with Gasteiger partial charge in [0.15, 0.2) is 57.5 Å². The van der Waals surface area contributed by atoms with Crippen LogP contribution in [0.2, 0.25) is 0 Å². The minimum atomic E-state index is -1.17. The summed E-state index contributed by atoms with van der Waals surface area (Å²) < 4.78 is 21.3. The molecule has 0 fully saturated rings. The van der Waals surface area contributed by atoms with Gasteiger partial charge in [-0.3, -0.25) is 0 Å². The standard InChI is InChI=1S/C30H22O18/c31-9-1-14(34)27(15(35)2-9)45-10-3-18(38)29(19(39)4-10)48-21-8-13(33)23(41)26(44)30(21)46-11-5-16(36)28(17(37)6-11)47-20-7-12(32)22(40)25(43)24(20)42/h1-8,31-44H. The van der Waals surface area contributed by atoms with E-state index in [4.69, 9.17) is 18.9 Å². The largest absolute Gasteiger partial charge is 0.508 e. The summed E-state index contributed by atoms with van der Waals surface area (Å²) in [6.45, 7) is 0. The molecule has 5 aromatic carbocycles. The minimum Gasteiger partial charge on any atom is -0.508 e. The number of rotatable bonds is 8. The van der Waals surface area contributed by atoms with Gasteiger partial charge in [0.1, 0.15) is 17.2 Å². The monoisotopic (exact) mass is 670 g/mol. The highest BCUT2D eigenvalue weighted by Crippen LogP contribution is 2.56. The Morgan fingerprint density at radius 2 is 0.625 bits per heavy atom. The van der Waals surface area contributed by atoms with Gasteiger partial charge in [0.2, 0.25) is 51.7 Å². The van der Waals surface area contributed by atoms with E-state index in [2.05, 4.69) is 0 Å². The van der Waals surface area contributed by atoms with Gasteiger partial charge >= 0.3 is 0 Å². The third kappa shape index (κ3) is 5.81. The molecular formula is C30H22O18. The average molecular weight is 670 g/mol. The molecule has 14 N–H and O–H groups in total. The van der Waals surface area contributed by atoms with Crippen LogP contribution in [0.1, 0.15) is 0 Å². The van der Waals surface area contributed by atoms with Crippen molar-refractivity contribution in [3.63, 3.8) is 0 Å². The summed E-state index contributed by atoms with van der Waals surface area (Å²) in [5.74, 6) is -18.1. The van der Waals surface area contributed by atoms with Crippen molar-refractivity contribution in [3.8, 4) is 126 Å². The molecule has 0 spiro atoms. The van der Waals surface area contributed by atoms with E-state index in [-0.39, 0.29) is 5.75 Å². The van der Waals surface area contributed by atoms with Gasteiger partial charge in [-0.15, -0.1) is 0 Å². The Hall–Kier alpha value is -7.50. The number of ether oxygens (including phenoxy) is 4. The first kappa shape index (κ1) is 31.9. The zero-order valence-corrected chi connectivity index (χ0v) is 23.5. The lowest BCUT2D eigenvalue weighted by Crippen LogP contribution is -1.94. The fourth-order valence-electron chi connectivity index (χ4n) is 4.09. The lowest BCUT2D eigenvalue weighted by Gasteiger charge is -2.18. The molecular weight excluding hydrogens is 648 g/mol. The maximum absolute atomic E-state index is 10.6. The molecule has 0 bridgehead atoms. The Morgan fingerprint density at radius 1 is 0.271 bits per heavy atom. The molecule has 250 valence electrons. The van der Waals surface area contributed by atoms with E-state index in [1.54, 1.807) is 0 Å². The van der Waals surface area contributed by atoms with Crippen LogP contribution >= 0.6 is 0 Å². The van der Waals surface area contributed by atoms with Crippen LogP contribution in [0, 0.1) is 0 Å². The lowest BCUT2D eigenvalue weighted by atomic mass is 10.2. The number of aromatic hydroxyl groups is 14. The summed E-state index contributed by atoms with van der Waals surface area (Å²) in [7, 11) is 0. The van der Waals surface area contributed by atoms with Crippen molar-refractivity contribution in [2.24, 2.45) is 0 Å². The van der Waals surface area contributed by atoms with Gasteiger partial charge in [-0.1, -0.05) is 0 Å². The van der Waals surface area contributed by atoms with Crippen LogP contribution < -0.4 is 18.9 Å². The summed E-state index contributed by atoms with van der Waals surface area (Å²) in [6.07, 6.45) is 0. The third-order valence-electron chi connectivity index (χ3n) is 6.31. The molecule has 0 atom stereocenters. The first-order chi connectivity index (χ1) is 22.5. The van der Waals surface area contributed by atoms with E-state index in [9.17, 15) is 71.5 Å². The Balaban J connectivity index is 1.47. The van der Waals surface area contributed by atoms with Crippen molar-refractivity contribution in [2.45, 2.75) is 0 Å². The molecule has 18 nitrogen and oxygen atoms in total. The molecule has 0 saturated heterocycles. The number of hydrogen-bond donors (Lipinski definition) is 14. The van der Waals surface area contributed by atoms with Crippen LogP contribution in [0.4, 0.5) is 0 Å². The minimum absolute atomic E-state index is 0.360. The fourth-order valence-corrected chi connectivity index (χ4v) is 4.09. The second-order valence-corrected chi connectivity index (χ2v) is 9.66. The van der Waals surface area contributed by atoms with Crippen molar-refractivity contribution in [1.82, 2.24) is 0 Å². The highest BCUT2D eigenvalue weighted by atomic mass is 16.5. The number of phenols is 14.